The Morgan fingerprint density at radius 1 is 1.12 bits per heavy atom. The van der Waals surface area contributed by atoms with Crippen LogP contribution in [0.2, 0.25) is 0 Å². The van der Waals surface area contributed by atoms with Gasteiger partial charge in [0, 0.05) is 24.2 Å². The second kappa shape index (κ2) is 6.42. The normalized spacial score (nSPS) is 17.9. The molecule has 0 aromatic carbocycles. The van der Waals surface area contributed by atoms with Crippen molar-refractivity contribution in [1.29, 1.82) is 0 Å². The van der Waals surface area contributed by atoms with Gasteiger partial charge >= 0.3 is 0 Å². The molecule has 5 rings (SSSR count). The van der Waals surface area contributed by atoms with E-state index in [2.05, 4.69) is 38.7 Å². The molecule has 0 bridgehead atoms. The van der Waals surface area contributed by atoms with Crippen LogP contribution in [0.4, 0.5) is 0 Å². The highest BCUT2D eigenvalue weighted by molar-refractivity contribution is 5.66. The van der Waals surface area contributed by atoms with E-state index in [1.807, 2.05) is 30.7 Å². The summed E-state index contributed by atoms with van der Waals surface area (Å²) in [6.45, 7) is 1.92. The van der Waals surface area contributed by atoms with Gasteiger partial charge in [0.15, 0.2) is 0 Å². The molecule has 0 amide bonds. The van der Waals surface area contributed by atoms with Crippen LogP contribution in [0.1, 0.15) is 30.3 Å². The molecule has 130 valence electrons. The molecule has 1 aliphatic rings. The van der Waals surface area contributed by atoms with E-state index in [0.717, 1.165) is 42.1 Å². The molecule has 0 unspecified atom stereocenters. The van der Waals surface area contributed by atoms with E-state index in [-0.39, 0.29) is 0 Å². The monoisotopic (exact) mass is 344 g/mol. The van der Waals surface area contributed by atoms with Gasteiger partial charge in [-0.2, -0.15) is 0 Å². The lowest BCUT2D eigenvalue weighted by Gasteiger charge is -2.22. The van der Waals surface area contributed by atoms with Crippen molar-refractivity contribution in [1.82, 2.24) is 19.3 Å². The average Bonchev–Trinajstić information content (AvgIpc) is 3.43. The Bertz CT molecular complexity index is 1010. The van der Waals surface area contributed by atoms with E-state index in [9.17, 15) is 0 Å². The summed E-state index contributed by atoms with van der Waals surface area (Å²) in [4.78, 5) is 11.4. The highest BCUT2D eigenvalue weighted by Crippen LogP contribution is 2.35. The van der Waals surface area contributed by atoms with E-state index in [1.54, 1.807) is 12.5 Å². The highest BCUT2D eigenvalue weighted by atomic mass is 16.3. The number of nitrogens with zero attached hydrogens (tertiary/aromatic N) is 4. The first-order chi connectivity index (χ1) is 12.9. The lowest BCUT2D eigenvalue weighted by atomic mass is 10.1. The molecule has 0 saturated carbocycles. The zero-order valence-corrected chi connectivity index (χ0v) is 14.5. The summed E-state index contributed by atoms with van der Waals surface area (Å²) in [7, 11) is 0. The second-order valence-corrected chi connectivity index (χ2v) is 6.79. The predicted molar refractivity (Wildman–Crippen MR) is 99.5 cm³/mol. The number of imidazole rings is 1. The fourth-order valence-corrected chi connectivity index (χ4v) is 3.91. The van der Waals surface area contributed by atoms with Gasteiger partial charge in [0.2, 0.25) is 0 Å². The topological polar surface area (TPSA) is 46.6 Å². The number of pyridine rings is 2. The van der Waals surface area contributed by atoms with E-state index < -0.39 is 0 Å². The predicted octanol–water partition coefficient (Wildman–Crippen LogP) is 4.33. The molecule has 1 saturated heterocycles. The van der Waals surface area contributed by atoms with Crippen molar-refractivity contribution < 1.29 is 4.42 Å². The fourth-order valence-electron chi connectivity index (χ4n) is 3.91. The van der Waals surface area contributed by atoms with Crippen LogP contribution >= 0.6 is 0 Å². The molecule has 26 heavy (non-hydrogen) atoms. The first-order valence-corrected chi connectivity index (χ1v) is 9.02. The molecule has 1 aliphatic heterocycles. The maximum Gasteiger partial charge on any atom is 0.117 e. The Hall–Kier alpha value is -2.92. The number of likely N-dealkylation sites (tertiary alicyclic amines) is 1. The minimum atomic E-state index is 0.342. The number of fused-ring (bicyclic) bond motifs is 1. The van der Waals surface area contributed by atoms with Crippen molar-refractivity contribution in [2.75, 3.05) is 6.54 Å². The summed E-state index contributed by atoms with van der Waals surface area (Å²) in [5.74, 6) is 1.01. The maximum atomic E-state index is 5.54. The van der Waals surface area contributed by atoms with Crippen LogP contribution < -0.4 is 0 Å². The number of hydrogen-bond donors (Lipinski definition) is 0. The molecular weight excluding hydrogens is 324 g/mol. The zero-order chi connectivity index (χ0) is 17.3. The van der Waals surface area contributed by atoms with Crippen molar-refractivity contribution in [3.8, 4) is 11.1 Å². The molecule has 0 spiro atoms. The van der Waals surface area contributed by atoms with Crippen LogP contribution in [0.25, 0.3) is 16.6 Å². The minimum absolute atomic E-state index is 0.342. The van der Waals surface area contributed by atoms with Crippen LogP contribution in [-0.2, 0) is 6.54 Å². The Kier molecular flexibility index (Phi) is 3.79. The first-order valence-electron chi connectivity index (χ1n) is 9.02. The molecule has 1 fully saturated rings. The summed E-state index contributed by atoms with van der Waals surface area (Å²) in [5.41, 5.74) is 4.60. The summed E-state index contributed by atoms with van der Waals surface area (Å²) in [5, 5.41) is 0. The van der Waals surface area contributed by atoms with E-state index in [0.29, 0.717) is 6.04 Å². The molecule has 4 aromatic rings. The number of aromatic nitrogens is 3. The molecular formula is C21H20N4O. The van der Waals surface area contributed by atoms with Gasteiger partial charge in [-0.05, 0) is 49.2 Å². The van der Waals surface area contributed by atoms with E-state index in [1.165, 1.54) is 11.9 Å². The van der Waals surface area contributed by atoms with Gasteiger partial charge < -0.3 is 8.82 Å². The van der Waals surface area contributed by atoms with Gasteiger partial charge in [-0.15, -0.1) is 0 Å². The van der Waals surface area contributed by atoms with Gasteiger partial charge in [-0.1, -0.05) is 12.1 Å². The third-order valence-corrected chi connectivity index (χ3v) is 5.17. The standard InChI is InChI=1S/C21H20N4O/c1-4-16(12-22-9-1)17-7-8-20-21(23-15-25(20)13-17)19-6-2-10-24(19)14-18-5-3-11-26-18/h1,3-5,7-9,11-13,15,19H,2,6,10,14H2/t19-/m0/s1. The molecule has 4 aromatic heterocycles. The van der Waals surface area contributed by atoms with Crippen molar-refractivity contribution in [3.05, 3.63) is 79.0 Å². The lowest BCUT2D eigenvalue weighted by Crippen LogP contribution is -2.22. The minimum Gasteiger partial charge on any atom is -0.468 e. The number of hydrogen-bond acceptors (Lipinski definition) is 4. The first kappa shape index (κ1) is 15.3. The third kappa shape index (κ3) is 2.70. The van der Waals surface area contributed by atoms with Crippen LogP contribution in [0.15, 0.2) is 72.0 Å². The van der Waals surface area contributed by atoms with Gasteiger partial charge in [0.05, 0.1) is 36.4 Å². The smallest absolute Gasteiger partial charge is 0.117 e. The molecule has 0 N–H and O–H groups in total. The van der Waals surface area contributed by atoms with Gasteiger partial charge in [-0.25, -0.2) is 4.98 Å². The van der Waals surface area contributed by atoms with Crippen molar-refractivity contribution in [3.63, 3.8) is 0 Å². The molecule has 0 aliphatic carbocycles. The quantitative estimate of drug-likeness (QED) is 0.553. The number of furan rings is 1. The second-order valence-electron chi connectivity index (χ2n) is 6.79. The summed E-state index contributed by atoms with van der Waals surface area (Å²) in [6.07, 6.45) is 11.8. The summed E-state index contributed by atoms with van der Waals surface area (Å²) >= 11 is 0. The largest absolute Gasteiger partial charge is 0.468 e. The van der Waals surface area contributed by atoms with E-state index >= 15 is 0 Å². The molecule has 5 heteroatoms. The highest BCUT2D eigenvalue weighted by Gasteiger charge is 2.29. The Morgan fingerprint density at radius 2 is 2.12 bits per heavy atom. The van der Waals surface area contributed by atoms with Crippen molar-refractivity contribution in [2.45, 2.75) is 25.4 Å². The fraction of sp³-hybridized carbons (Fsp3) is 0.238. The molecule has 0 radical (unpaired) electrons. The molecule has 1 atom stereocenters. The Labute approximate surface area is 151 Å². The molecule has 5 heterocycles. The Morgan fingerprint density at radius 3 is 2.96 bits per heavy atom. The zero-order valence-electron chi connectivity index (χ0n) is 14.5. The van der Waals surface area contributed by atoms with Gasteiger partial charge in [-0.3, -0.25) is 9.88 Å². The summed E-state index contributed by atoms with van der Waals surface area (Å²) < 4.78 is 7.67. The van der Waals surface area contributed by atoms with Gasteiger partial charge in [0.25, 0.3) is 0 Å². The van der Waals surface area contributed by atoms with Crippen LogP contribution in [-0.4, -0.2) is 25.8 Å². The third-order valence-electron chi connectivity index (χ3n) is 5.17. The molecule has 5 nitrogen and oxygen atoms in total. The number of rotatable bonds is 4. The summed E-state index contributed by atoms with van der Waals surface area (Å²) in [6, 6.07) is 12.7. The van der Waals surface area contributed by atoms with Crippen LogP contribution in [0, 0.1) is 0 Å². The van der Waals surface area contributed by atoms with Crippen molar-refractivity contribution in [2.24, 2.45) is 0 Å². The SMILES string of the molecule is c1cncc(-c2ccc3c([C@@H]4CCCN4Cc4ccco4)ncn3c2)c1. The average molecular weight is 344 g/mol. The Balaban J connectivity index is 1.47. The van der Waals surface area contributed by atoms with E-state index in [4.69, 9.17) is 9.40 Å². The lowest BCUT2D eigenvalue weighted by molar-refractivity contribution is 0.226. The van der Waals surface area contributed by atoms with Gasteiger partial charge in [0.1, 0.15) is 5.76 Å². The van der Waals surface area contributed by atoms with Crippen molar-refractivity contribution >= 4 is 5.52 Å². The van der Waals surface area contributed by atoms with Crippen LogP contribution in [0.3, 0.4) is 0 Å². The maximum absolute atomic E-state index is 5.54. The van der Waals surface area contributed by atoms with Crippen LogP contribution in [0.5, 0.6) is 0 Å².